The standard InChI is InChI=1S/C30H37NO2/c1-4-6-10-21-32-24(3)12-8-7-9-13-25-16-18-28-26(22-25)14-11-15-29(28)30-19-17-27(23-31-30)33-20-5-2/h5,9,11,13-19,22-24H,2,4,6-8,10,12,20-21H2,1,3H3. The van der Waals surface area contributed by atoms with Crippen LogP contribution in [0.1, 0.15) is 57.9 Å². The first-order valence-corrected chi connectivity index (χ1v) is 12.2. The third-order valence-electron chi connectivity index (χ3n) is 5.73. The first-order chi connectivity index (χ1) is 16.2. The van der Waals surface area contributed by atoms with Gasteiger partial charge in [-0.3, -0.25) is 4.98 Å². The Morgan fingerprint density at radius 2 is 1.97 bits per heavy atom. The Hall–Kier alpha value is -2.91. The van der Waals surface area contributed by atoms with Crippen molar-refractivity contribution in [1.29, 1.82) is 0 Å². The van der Waals surface area contributed by atoms with Gasteiger partial charge < -0.3 is 9.47 Å². The molecule has 0 aliphatic carbocycles. The van der Waals surface area contributed by atoms with E-state index in [2.05, 4.69) is 74.0 Å². The van der Waals surface area contributed by atoms with Crippen molar-refractivity contribution in [2.24, 2.45) is 0 Å². The molecule has 0 saturated heterocycles. The molecule has 174 valence electrons. The van der Waals surface area contributed by atoms with Crippen LogP contribution in [-0.4, -0.2) is 24.3 Å². The highest BCUT2D eigenvalue weighted by molar-refractivity contribution is 5.96. The summed E-state index contributed by atoms with van der Waals surface area (Å²) in [5.41, 5.74) is 3.30. The summed E-state index contributed by atoms with van der Waals surface area (Å²) in [6.07, 6.45) is 15.4. The molecule has 1 heterocycles. The van der Waals surface area contributed by atoms with Gasteiger partial charge in [0, 0.05) is 12.2 Å². The first-order valence-electron chi connectivity index (χ1n) is 12.2. The summed E-state index contributed by atoms with van der Waals surface area (Å²) in [4.78, 5) is 4.60. The van der Waals surface area contributed by atoms with Gasteiger partial charge >= 0.3 is 0 Å². The number of fused-ring (bicyclic) bond motifs is 1. The largest absolute Gasteiger partial charge is 0.488 e. The lowest BCUT2D eigenvalue weighted by atomic mass is 9.99. The molecule has 0 radical (unpaired) electrons. The van der Waals surface area contributed by atoms with Gasteiger partial charge in [-0.1, -0.05) is 74.9 Å². The van der Waals surface area contributed by atoms with Gasteiger partial charge in [-0.15, -0.1) is 0 Å². The molecule has 2 aromatic carbocycles. The number of aromatic nitrogens is 1. The maximum absolute atomic E-state index is 5.89. The van der Waals surface area contributed by atoms with Crippen molar-refractivity contribution in [2.75, 3.05) is 13.2 Å². The fourth-order valence-corrected chi connectivity index (χ4v) is 3.87. The van der Waals surface area contributed by atoms with Crippen molar-refractivity contribution in [3.8, 4) is 17.0 Å². The Morgan fingerprint density at radius 1 is 1.06 bits per heavy atom. The fraction of sp³-hybridized carbons (Fsp3) is 0.367. The van der Waals surface area contributed by atoms with Crippen LogP contribution in [0.2, 0.25) is 0 Å². The van der Waals surface area contributed by atoms with Gasteiger partial charge in [0.05, 0.1) is 18.0 Å². The molecule has 33 heavy (non-hydrogen) atoms. The quantitative estimate of drug-likeness (QED) is 0.186. The molecule has 0 N–H and O–H groups in total. The number of ether oxygens (including phenoxy) is 2. The molecule has 0 bridgehead atoms. The van der Waals surface area contributed by atoms with E-state index in [1.54, 1.807) is 12.3 Å². The van der Waals surface area contributed by atoms with Crippen molar-refractivity contribution in [1.82, 2.24) is 4.98 Å². The molecule has 0 fully saturated rings. The van der Waals surface area contributed by atoms with E-state index in [0.717, 1.165) is 42.9 Å². The van der Waals surface area contributed by atoms with Crippen molar-refractivity contribution >= 4 is 16.8 Å². The van der Waals surface area contributed by atoms with Gasteiger partial charge in [0.2, 0.25) is 0 Å². The predicted molar refractivity (Wildman–Crippen MR) is 141 cm³/mol. The molecule has 3 nitrogen and oxygen atoms in total. The molecule has 3 aromatic rings. The Morgan fingerprint density at radius 3 is 2.76 bits per heavy atom. The second-order valence-corrected chi connectivity index (χ2v) is 8.49. The topological polar surface area (TPSA) is 31.4 Å². The Labute approximate surface area is 199 Å². The number of rotatable bonds is 14. The van der Waals surface area contributed by atoms with Gasteiger partial charge in [-0.25, -0.2) is 0 Å². The molecular weight excluding hydrogens is 406 g/mol. The summed E-state index contributed by atoms with van der Waals surface area (Å²) in [5.74, 6) is 0.753. The Balaban J connectivity index is 1.56. The lowest BCUT2D eigenvalue weighted by Crippen LogP contribution is -2.08. The van der Waals surface area contributed by atoms with Gasteiger partial charge in [0.1, 0.15) is 12.4 Å². The zero-order valence-electron chi connectivity index (χ0n) is 20.1. The molecule has 1 unspecified atom stereocenters. The molecule has 1 aromatic heterocycles. The van der Waals surface area contributed by atoms with E-state index in [9.17, 15) is 0 Å². The maximum atomic E-state index is 5.89. The second kappa shape index (κ2) is 13.6. The smallest absolute Gasteiger partial charge is 0.138 e. The molecule has 0 saturated carbocycles. The van der Waals surface area contributed by atoms with E-state index < -0.39 is 0 Å². The highest BCUT2D eigenvalue weighted by atomic mass is 16.5. The van der Waals surface area contributed by atoms with Crippen LogP contribution in [-0.2, 0) is 4.74 Å². The monoisotopic (exact) mass is 443 g/mol. The summed E-state index contributed by atoms with van der Waals surface area (Å²) < 4.78 is 11.4. The van der Waals surface area contributed by atoms with Crippen molar-refractivity contribution in [3.63, 3.8) is 0 Å². The van der Waals surface area contributed by atoms with Gasteiger partial charge in [0.15, 0.2) is 0 Å². The third-order valence-corrected chi connectivity index (χ3v) is 5.73. The Kier molecular flexibility index (Phi) is 10.2. The molecule has 0 aliphatic rings. The third kappa shape index (κ3) is 7.87. The van der Waals surface area contributed by atoms with E-state index in [0.29, 0.717) is 12.7 Å². The van der Waals surface area contributed by atoms with Crippen LogP contribution in [0.25, 0.3) is 28.1 Å². The number of unbranched alkanes of at least 4 members (excludes halogenated alkanes) is 3. The van der Waals surface area contributed by atoms with Crippen LogP contribution in [0, 0.1) is 0 Å². The van der Waals surface area contributed by atoms with E-state index in [1.807, 2.05) is 12.1 Å². The van der Waals surface area contributed by atoms with Crippen molar-refractivity contribution in [3.05, 3.63) is 79.0 Å². The zero-order valence-corrected chi connectivity index (χ0v) is 20.1. The van der Waals surface area contributed by atoms with Crippen LogP contribution >= 0.6 is 0 Å². The van der Waals surface area contributed by atoms with E-state index in [4.69, 9.17) is 9.47 Å². The number of pyridine rings is 1. The average Bonchev–Trinajstić information content (AvgIpc) is 2.85. The number of allylic oxidation sites excluding steroid dienone is 1. The molecule has 3 heteroatoms. The van der Waals surface area contributed by atoms with Gasteiger partial charge in [-0.05, 0) is 67.1 Å². The normalized spacial score (nSPS) is 12.3. The minimum absolute atomic E-state index is 0.352. The molecule has 0 spiro atoms. The van der Waals surface area contributed by atoms with Crippen LogP contribution in [0.15, 0.2) is 73.5 Å². The molecule has 0 aliphatic heterocycles. The maximum Gasteiger partial charge on any atom is 0.138 e. The predicted octanol–water partition coefficient (Wildman–Crippen LogP) is 8.25. The second-order valence-electron chi connectivity index (χ2n) is 8.49. The molecule has 0 amide bonds. The van der Waals surface area contributed by atoms with Crippen LogP contribution < -0.4 is 4.74 Å². The summed E-state index contributed by atoms with van der Waals surface area (Å²) in [6, 6.07) is 17.0. The molecule has 3 rings (SSSR count). The van der Waals surface area contributed by atoms with Crippen LogP contribution in [0.4, 0.5) is 0 Å². The summed E-state index contributed by atoms with van der Waals surface area (Å²) in [5, 5.41) is 2.42. The van der Waals surface area contributed by atoms with Crippen LogP contribution in [0.3, 0.4) is 0 Å². The first kappa shape index (κ1) is 24.7. The lowest BCUT2D eigenvalue weighted by Gasteiger charge is -2.12. The van der Waals surface area contributed by atoms with Crippen molar-refractivity contribution < 1.29 is 9.47 Å². The minimum atomic E-state index is 0.352. The van der Waals surface area contributed by atoms with E-state index in [-0.39, 0.29) is 0 Å². The summed E-state index contributed by atoms with van der Waals surface area (Å²) in [6.45, 7) is 9.47. The number of hydrogen-bond donors (Lipinski definition) is 0. The highest BCUT2D eigenvalue weighted by Crippen LogP contribution is 2.29. The lowest BCUT2D eigenvalue weighted by molar-refractivity contribution is 0.0566. The van der Waals surface area contributed by atoms with Crippen molar-refractivity contribution in [2.45, 2.75) is 58.5 Å². The fourth-order valence-electron chi connectivity index (χ4n) is 3.87. The molecular formula is C30H37NO2. The SMILES string of the molecule is C=CCOc1ccc(-c2cccc3cc(C=CCCCC(C)OCCCCC)ccc23)nc1. The van der Waals surface area contributed by atoms with E-state index in [1.165, 1.54) is 35.6 Å². The van der Waals surface area contributed by atoms with Gasteiger partial charge in [-0.2, -0.15) is 0 Å². The summed E-state index contributed by atoms with van der Waals surface area (Å²) >= 11 is 0. The molecule has 1 atom stereocenters. The zero-order chi connectivity index (χ0) is 23.3. The number of hydrogen-bond acceptors (Lipinski definition) is 3. The highest BCUT2D eigenvalue weighted by Gasteiger charge is 2.06. The summed E-state index contributed by atoms with van der Waals surface area (Å²) in [7, 11) is 0. The Bertz CT molecular complexity index is 1020. The average molecular weight is 444 g/mol. The minimum Gasteiger partial charge on any atom is -0.488 e. The van der Waals surface area contributed by atoms with Crippen LogP contribution in [0.5, 0.6) is 5.75 Å². The number of benzene rings is 2. The number of nitrogens with zero attached hydrogens (tertiary/aromatic N) is 1. The van der Waals surface area contributed by atoms with E-state index >= 15 is 0 Å². The van der Waals surface area contributed by atoms with Gasteiger partial charge in [0.25, 0.3) is 0 Å².